The smallest absolute Gasteiger partial charge is 0.0452 e. The molecule has 1 heterocycles. The standard InChI is InChI=1S/C18H22N2/c19-14-17(13-15-7-2-1-3-8-15)20-12-6-10-16-9-4-5-11-18(16)20/h1-5,7-9,11,17H,6,10,12-14,19H2. The Bertz CT molecular complexity index is 550. The van der Waals surface area contributed by atoms with Gasteiger partial charge in [0.2, 0.25) is 0 Å². The van der Waals surface area contributed by atoms with Gasteiger partial charge < -0.3 is 10.6 Å². The van der Waals surface area contributed by atoms with E-state index in [1.807, 2.05) is 0 Å². The number of nitrogens with two attached hydrogens (primary N) is 1. The molecular weight excluding hydrogens is 244 g/mol. The number of rotatable bonds is 4. The third kappa shape index (κ3) is 2.70. The van der Waals surface area contributed by atoms with Gasteiger partial charge >= 0.3 is 0 Å². The first-order valence-electron chi connectivity index (χ1n) is 7.47. The van der Waals surface area contributed by atoms with Gasteiger partial charge in [-0.1, -0.05) is 48.5 Å². The van der Waals surface area contributed by atoms with Crippen molar-refractivity contribution in [2.45, 2.75) is 25.3 Å². The molecular formula is C18H22N2. The molecule has 1 aliphatic rings. The minimum absolute atomic E-state index is 0.388. The minimum atomic E-state index is 0.388. The topological polar surface area (TPSA) is 29.3 Å². The number of fused-ring (bicyclic) bond motifs is 1. The van der Waals surface area contributed by atoms with Crippen molar-refractivity contribution >= 4 is 5.69 Å². The van der Waals surface area contributed by atoms with Crippen LogP contribution in [0.15, 0.2) is 54.6 Å². The highest BCUT2D eigenvalue weighted by atomic mass is 15.2. The van der Waals surface area contributed by atoms with Gasteiger partial charge in [0.25, 0.3) is 0 Å². The number of hydrogen-bond donors (Lipinski definition) is 1. The van der Waals surface area contributed by atoms with Gasteiger partial charge in [0, 0.05) is 24.8 Å². The predicted octanol–water partition coefficient (Wildman–Crippen LogP) is 3.01. The summed E-state index contributed by atoms with van der Waals surface area (Å²) >= 11 is 0. The molecule has 0 radical (unpaired) electrons. The van der Waals surface area contributed by atoms with Crippen molar-refractivity contribution in [1.82, 2.24) is 0 Å². The van der Waals surface area contributed by atoms with Crippen molar-refractivity contribution in [2.24, 2.45) is 5.73 Å². The van der Waals surface area contributed by atoms with Crippen LogP contribution in [0.1, 0.15) is 17.5 Å². The lowest BCUT2D eigenvalue weighted by atomic mass is 9.97. The Kier molecular flexibility index (Phi) is 4.03. The molecule has 2 aromatic rings. The van der Waals surface area contributed by atoms with Gasteiger partial charge in [0.1, 0.15) is 0 Å². The Morgan fingerprint density at radius 3 is 2.55 bits per heavy atom. The molecule has 3 rings (SSSR count). The van der Waals surface area contributed by atoms with E-state index in [0.717, 1.165) is 13.0 Å². The maximum absolute atomic E-state index is 6.07. The Balaban J connectivity index is 1.84. The number of anilines is 1. The molecule has 2 N–H and O–H groups in total. The molecule has 1 atom stereocenters. The first kappa shape index (κ1) is 13.2. The second-order valence-electron chi connectivity index (χ2n) is 5.50. The summed E-state index contributed by atoms with van der Waals surface area (Å²) in [6.07, 6.45) is 3.43. The largest absolute Gasteiger partial charge is 0.367 e. The highest BCUT2D eigenvalue weighted by Gasteiger charge is 2.23. The summed E-state index contributed by atoms with van der Waals surface area (Å²) in [6, 6.07) is 19.8. The first-order chi connectivity index (χ1) is 9.88. The zero-order valence-corrected chi connectivity index (χ0v) is 11.8. The molecule has 2 aromatic carbocycles. The van der Waals surface area contributed by atoms with Crippen molar-refractivity contribution in [3.63, 3.8) is 0 Å². The SMILES string of the molecule is NCC(Cc1ccccc1)N1CCCc2ccccc21. The second-order valence-corrected chi connectivity index (χ2v) is 5.50. The van der Waals surface area contributed by atoms with E-state index in [4.69, 9.17) is 5.73 Å². The van der Waals surface area contributed by atoms with Crippen LogP contribution >= 0.6 is 0 Å². The van der Waals surface area contributed by atoms with Gasteiger partial charge in [-0.15, -0.1) is 0 Å². The van der Waals surface area contributed by atoms with Crippen LogP contribution in [0.5, 0.6) is 0 Å². The summed E-state index contributed by atoms with van der Waals surface area (Å²) in [5, 5.41) is 0. The minimum Gasteiger partial charge on any atom is -0.367 e. The fraction of sp³-hybridized carbons (Fsp3) is 0.333. The molecule has 0 saturated carbocycles. The zero-order valence-electron chi connectivity index (χ0n) is 11.8. The van der Waals surface area contributed by atoms with Gasteiger partial charge in [-0.25, -0.2) is 0 Å². The molecule has 0 aromatic heterocycles. The van der Waals surface area contributed by atoms with Crippen molar-refractivity contribution in [1.29, 1.82) is 0 Å². The van der Waals surface area contributed by atoms with Gasteiger partial charge in [0.15, 0.2) is 0 Å². The Labute approximate surface area is 121 Å². The lowest BCUT2D eigenvalue weighted by Crippen LogP contribution is -2.44. The number of para-hydroxylation sites is 1. The van der Waals surface area contributed by atoms with Crippen LogP contribution in [0.2, 0.25) is 0 Å². The number of aryl methyl sites for hydroxylation is 1. The van der Waals surface area contributed by atoms with E-state index in [9.17, 15) is 0 Å². The summed E-state index contributed by atoms with van der Waals surface area (Å²) in [5.74, 6) is 0. The average molecular weight is 266 g/mol. The first-order valence-corrected chi connectivity index (χ1v) is 7.47. The van der Waals surface area contributed by atoms with Gasteiger partial charge in [-0.05, 0) is 36.5 Å². The molecule has 0 amide bonds. The second kappa shape index (κ2) is 6.10. The van der Waals surface area contributed by atoms with Crippen LogP contribution in [-0.2, 0) is 12.8 Å². The van der Waals surface area contributed by atoms with E-state index in [-0.39, 0.29) is 0 Å². The Morgan fingerprint density at radius 1 is 1.00 bits per heavy atom. The van der Waals surface area contributed by atoms with Crippen LogP contribution in [0, 0.1) is 0 Å². The maximum atomic E-state index is 6.07. The summed E-state index contributed by atoms with van der Waals surface area (Å²) in [6.45, 7) is 1.81. The number of nitrogens with zero attached hydrogens (tertiary/aromatic N) is 1. The van der Waals surface area contributed by atoms with Gasteiger partial charge in [-0.3, -0.25) is 0 Å². The lowest BCUT2D eigenvalue weighted by molar-refractivity contribution is 0.562. The van der Waals surface area contributed by atoms with Crippen LogP contribution in [-0.4, -0.2) is 19.1 Å². The summed E-state index contributed by atoms with van der Waals surface area (Å²) < 4.78 is 0. The maximum Gasteiger partial charge on any atom is 0.0452 e. The molecule has 2 nitrogen and oxygen atoms in total. The van der Waals surface area contributed by atoms with E-state index in [1.54, 1.807) is 0 Å². The Hall–Kier alpha value is -1.80. The third-order valence-electron chi connectivity index (χ3n) is 4.17. The molecule has 104 valence electrons. The normalized spacial score (nSPS) is 15.8. The van der Waals surface area contributed by atoms with Gasteiger partial charge in [0.05, 0.1) is 0 Å². The molecule has 0 fully saturated rings. The molecule has 1 unspecified atom stereocenters. The molecule has 0 bridgehead atoms. The zero-order chi connectivity index (χ0) is 13.8. The van der Waals surface area contributed by atoms with Crippen molar-refractivity contribution in [2.75, 3.05) is 18.0 Å². The summed E-state index contributed by atoms with van der Waals surface area (Å²) in [5.41, 5.74) is 10.3. The molecule has 0 aliphatic carbocycles. The molecule has 0 spiro atoms. The van der Waals surface area contributed by atoms with Crippen LogP contribution in [0.3, 0.4) is 0 Å². The summed E-state index contributed by atoms with van der Waals surface area (Å²) in [7, 11) is 0. The lowest BCUT2D eigenvalue weighted by Gasteiger charge is -2.37. The third-order valence-corrected chi connectivity index (χ3v) is 4.17. The summed E-state index contributed by atoms with van der Waals surface area (Å²) in [4.78, 5) is 2.51. The fourth-order valence-corrected chi connectivity index (χ4v) is 3.15. The highest BCUT2D eigenvalue weighted by molar-refractivity contribution is 5.56. The van der Waals surface area contributed by atoms with E-state index in [0.29, 0.717) is 12.6 Å². The van der Waals surface area contributed by atoms with E-state index < -0.39 is 0 Å². The monoisotopic (exact) mass is 266 g/mol. The van der Waals surface area contributed by atoms with Crippen LogP contribution in [0.4, 0.5) is 5.69 Å². The van der Waals surface area contributed by atoms with Crippen molar-refractivity contribution in [3.05, 3.63) is 65.7 Å². The number of hydrogen-bond acceptors (Lipinski definition) is 2. The molecule has 1 aliphatic heterocycles. The van der Waals surface area contributed by atoms with Crippen LogP contribution < -0.4 is 10.6 Å². The van der Waals surface area contributed by atoms with E-state index >= 15 is 0 Å². The quantitative estimate of drug-likeness (QED) is 0.921. The predicted molar refractivity (Wildman–Crippen MR) is 85.1 cm³/mol. The number of benzene rings is 2. The van der Waals surface area contributed by atoms with Crippen molar-refractivity contribution in [3.8, 4) is 0 Å². The molecule has 2 heteroatoms. The Morgan fingerprint density at radius 2 is 1.75 bits per heavy atom. The average Bonchev–Trinajstić information content (AvgIpc) is 2.53. The van der Waals surface area contributed by atoms with Crippen molar-refractivity contribution < 1.29 is 0 Å². The molecule has 0 saturated heterocycles. The van der Waals surface area contributed by atoms with E-state index in [2.05, 4.69) is 59.5 Å². The fourth-order valence-electron chi connectivity index (χ4n) is 3.15. The van der Waals surface area contributed by atoms with Crippen LogP contribution in [0.25, 0.3) is 0 Å². The van der Waals surface area contributed by atoms with E-state index in [1.165, 1.54) is 29.7 Å². The highest BCUT2D eigenvalue weighted by Crippen LogP contribution is 2.29. The molecule has 20 heavy (non-hydrogen) atoms. The van der Waals surface area contributed by atoms with Gasteiger partial charge in [-0.2, -0.15) is 0 Å².